The predicted octanol–water partition coefficient (Wildman–Crippen LogP) is 4.88. The van der Waals surface area contributed by atoms with Gasteiger partial charge >= 0.3 is 0 Å². The van der Waals surface area contributed by atoms with Crippen LogP contribution in [-0.2, 0) is 13.0 Å². The van der Waals surface area contributed by atoms with Crippen molar-refractivity contribution in [3.63, 3.8) is 0 Å². The Kier molecular flexibility index (Phi) is 4.47. The maximum Gasteiger partial charge on any atom is 0.257 e. The fourth-order valence-corrected chi connectivity index (χ4v) is 4.99. The zero-order valence-corrected chi connectivity index (χ0v) is 17.4. The highest BCUT2D eigenvalue weighted by molar-refractivity contribution is 7.12. The van der Waals surface area contributed by atoms with Crippen molar-refractivity contribution in [2.75, 3.05) is 5.32 Å². The molecular formula is C22H23N5OS. The Hall–Kier alpha value is -2.93. The van der Waals surface area contributed by atoms with Crippen LogP contribution in [0.4, 0.5) is 5.69 Å². The van der Waals surface area contributed by atoms with Gasteiger partial charge in [0.05, 0.1) is 16.6 Å². The predicted molar refractivity (Wildman–Crippen MR) is 116 cm³/mol. The Labute approximate surface area is 173 Å². The minimum absolute atomic E-state index is 0.110. The van der Waals surface area contributed by atoms with E-state index in [2.05, 4.69) is 20.9 Å². The monoisotopic (exact) mass is 405 g/mol. The first-order chi connectivity index (χ1) is 14.1. The second-order valence-electron chi connectivity index (χ2n) is 7.58. The molecule has 0 fully saturated rings. The van der Waals surface area contributed by atoms with Gasteiger partial charge in [-0.1, -0.05) is 6.42 Å². The number of benzene rings is 1. The summed E-state index contributed by atoms with van der Waals surface area (Å²) in [5.41, 5.74) is 5.43. The Morgan fingerprint density at radius 3 is 2.90 bits per heavy atom. The van der Waals surface area contributed by atoms with Crippen molar-refractivity contribution < 1.29 is 4.79 Å². The molecule has 0 bridgehead atoms. The fourth-order valence-electron chi connectivity index (χ4n) is 4.24. The van der Waals surface area contributed by atoms with Gasteiger partial charge in [0.15, 0.2) is 5.13 Å². The smallest absolute Gasteiger partial charge is 0.257 e. The summed E-state index contributed by atoms with van der Waals surface area (Å²) in [6.45, 7) is 4.98. The molecule has 6 nitrogen and oxygen atoms in total. The lowest BCUT2D eigenvalue weighted by atomic mass is 10.2. The van der Waals surface area contributed by atoms with E-state index in [1.54, 1.807) is 17.5 Å². The summed E-state index contributed by atoms with van der Waals surface area (Å²) in [6.07, 6.45) is 6.46. The van der Waals surface area contributed by atoms with Crippen LogP contribution in [0.5, 0.6) is 0 Å². The number of nitrogens with one attached hydrogen (secondary N) is 1. The maximum absolute atomic E-state index is 13.0. The SMILES string of the molecule is Cc1cc(C(=O)Nc2ccc3c(c2)nc2n3CCCCC2)c(C)n1-c1nccs1. The van der Waals surface area contributed by atoms with Gasteiger partial charge in [0.1, 0.15) is 5.82 Å². The largest absolute Gasteiger partial charge is 0.328 e. The number of amides is 1. The van der Waals surface area contributed by atoms with E-state index in [0.717, 1.165) is 52.0 Å². The van der Waals surface area contributed by atoms with Gasteiger partial charge in [-0.3, -0.25) is 9.36 Å². The molecule has 5 rings (SSSR count). The standard InChI is InChI=1S/C22H23N5OS/c1-14-12-17(15(2)27(14)22-23-9-11-29-22)21(28)24-16-7-8-19-18(13-16)25-20-6-4-3-5-10-26(19)20/h7-9,11-13H,3-6,10H2,1-2H3,(H,24,28). The molecule has 1 N–H and O–H groups in total. The highest BCUT2D eigenvalue weighted by Crippen LogP contribution is 2.26. The first-order valence-electron chi connectivity index (χ1n) is 10.0. The van der Waals surface area contributed by atoms with Crippen LogP contribution < -0.4 is 5.32 Å². The zero-order valence-electron chi connectivity index (χ0n) is 16.6. The molecule has 7 heteroatoms. The molecule has 1 amide bonds. The number of carbonyl (C=O) groups excluding carboxylic acids is 1. The zero-order chi connectivity index (χ0) is 20.0. The Bertz CT molecular complexity index is 1200. The molecule has 0 saturated carbocycles. The number of carbonyl (C=O) groups is 1. The molecule has 4 heterocycles. The number of rotatable bonds is 3. The number of anilines is 1. The van der Waals surface area contributed by atoms with E-state index in [1.807, 2.05) is 42.0 Å². The summed E-state index contributed by atoms with van der Waals surface area (Å²) in [5.74, 6) is 1.05. The molecular weight excluding hydrogens is 382 g/mol. The highest BCUT2D eigenvalue weighted by Gasteiger charge is 2.19. The number of nitrogens with zero attached hydrogens (tertiary/aromatic N) is 4. The number of hydrogen-bond donors (Lipinski definition) is 1. The topological polar surface area (TPSA) is 64.7 Å². The number of imidazole rings is 1. The first-order valence-corrected chi connectivity index (χ1v) is 10.9. The lowest BCUT2D eigenvalue weighted by molar-refractivity contribution is 0.102. The second-order valence-corrected chi connectivity index (χ2v) is 8.46. The molecule has 0 radical (unpaired) electrons. The molecule has 148 valence electrons. The second kappa shape index (κ2) is 7.15. The van der Waals surface area contributed by atoms with E-state index in [4.69, 9.17) is 4.98 Å². The molecule has 0 spiro atoms. The molecule has 1 aliphatic rings. The molecule has 29 heavy (non-hydrogen) atoms. The Morgan fingerprint density at radius 2 is 2.07 bits per heavy atom. The van der Waals surface area contributed by atoms with Gasteiger partial charge in [-0.2, -0.15) is 0 Å². The first kappa shape index (κ1) is 18.1. The van der Waals surface area contributed by atoms with E-state index >= 15 is 0 Å². The summed E-state index contributed by atoms with van der Waals surface area (Å²) in [7, 11) is 0. The van der Waals surface area contributed by atoms with Gasteiger partial charge in [0.25, 0.3) is 5.91 Å². The number of hydrogen-bond acceptors (Lipinski definition) is 4. The van der Waals surface area contributed by atoms with Gasteiger partial charge in [0, 0.05) is 41.6 Å². The van der Waals surface area contributed by atoms with Crippen LogP contribution in [0.15, 0.2) is 35.8 Å². The van der Waals surface area contributed by atoms with E-state index in [0.29, 0.717) is 5.56 Å². The molecule has 0 atom stereocenters. The molecule has 4 aromatic rings. The summed E-state index contributed by atoms with van der Waals surface area (Å²) >= 11 is 1.56. The molecule has 1 aliphatic heterocycles. The van der Waals surface area contributed by atoms with Crippen molar-refractivity contribution in [1.82, 2.24) is 19.1 Å². The lowest BCUT2D eigenvalue weighted by Gasteiger charge is -2.08. The molecule has 3 aromatic heterocycles. The van der Waals surface area contributed by atoms with Crippen molar-refractivity contribution in [2.24, 2.45) is 0 Å². The average molecular weight is 406 g/mol. The summed E-state index contributed by atoms with van der Waals surface area (Å²) in [5, 5.41) is 5.87. The minimum Gasteiger partial charge on any atom is -0.328 e. The third kappa shape index (κ3) is 3.15. The van der Waals surface area contributed by atoms with Gasteiger partial charge in [-0.25, -0.2) is 9.97 Å². The van der Waals surface area contributed by atoms with Crippen LogP contribution in [-0.4, -0.2) is 25.0 Å². The van der Waals surface area contributed by atoms with Crippen LogP contribution in [0.1, 0.15) is 46.8 Å². The van der Waals surface area contributed by atoms with Crippen LogP contribution in [0, 0.1) is 13.8 Å². The summed E-state index contributed by atoms with van der Waals surface area (Å²) in [6, 6.07) is 7.95. The third-order valence-corrected chi connectivity index (χ3v) is 6.41. The Morgan fingerprint density at radius 1 is 1.17 bits per heavy atom. The van der Waals surface area contributed by atoms with Gasteiger partial charge in [0.2, 0.25) is 0 Å². The minimum atomic E-state index is -0.110. The molecule has 0 aliphatic carbocycles. The number of thiazole rings is 1. The van der Waals surface area contributed by atoms with Gasteiger partial charge in [-0.05, 0) is 51.0 Å². The number of aromatic nitrogens is 4. The fraction of sp³-hybridized carbons (Fsp3) is 0.318. The van der Waals surface area contributed by atoms with Crippen LogP contribution in [0.3, 0.4) is 0 Å². The van der Waals surface area contributed by atoms with Gasteiger partial charge < -0.3 is 9.88 Å². The molecule has 0 saturated heterocycles. The molecule has 0 unspecified atom stereocenters. The van der Waals surface area contributed by atoms with Crippen molar-refractivity contribution in [3.8, 4) is 5.13 Å². The van der Waals surface area contributed by atoms with E-state index < -0.39 is 0 Å². The summed E-state index contributed by atoms with van der Waals surface area (Å²) in [4.78, 5) is 22.2. The van der Waals surface area contributed by atoms with Crippen LogP contribution in [0.25, 0.3) is 16.2 Å². The van der Waals surface area contributed by atoms with Crippen LogP contribution in [0.2, 0.25) is 0 Å². The van der Waals surface area contributed by atoms with Gasteiger partial charge in [-0.15, -0.1) is 11.3 Å². The van der Waals surface area contributed by atoms with Crippen molar-refractivity contribution in [2.45, 2.75) is 46.1 Å². The maximum atomic E-state index is 13.0. The average Bonchev–Trinajstić information content (AvgIpc) is 3.36. The van der Waals surface area contributed by atoms with E-state index in [9.17, 15) is 4.79 Å². The van der Waals surface area contributed by atoms with Crippen LogP contribution >= 0.6 is 11.3 Å². The lowest BCUT2D eigenvalue weighted by Crippen LogP contribution is -2.13. The normalized spacial score (nSPS) is 14.0. The van der Waals surface area contributed by atoms with Crippen molar-refractivity contribution in [3.05, 3.63) is 58.6 Å². The van der Waals surface area contributed by atoms with E-state index in [-0.39, 0.29) is 5.91 Å². The number of aryl methyl sites for hydroxylation is 3. The number of fused-ring (bicyclic) bond motifs is 3. The highest BCUT2D eigenvalue weighted by atomic mass is 32.1. The van der Waals surface area contributed by atoms with Crippen molar-refractivity contribution >= 4 is 34.0 Å². The quantitative estimate of drug-likeness (QED) is 0.528. The van der Waals surface area contributed by atoms with E-state index in [1.165, 1.54) is 19.3 Å². The summed E-state index contributed by atoms with van der Waals surface area (Å²) < 4.78 is 4.35. The third-order valence-electron chi connectivity index (χ3n) is 5.65. The molecule has 1 aromatic carbocycles. The van der Waals surface area contributed by atoms with Crippen molar-refractivity contribution in [1.29, 1.82) is 0 Å². The Balaban J connectivity index is 1.44.